The summed E-state index contributed by atoms with van der Waals surface area (Å²) in [7, 11) is 0. The number of hydrogen-bond acceptors (Lipinski definition) is 4. The van der Waals surface area contributed by atoms with Crippen LogP contribution >= 0.6 is 0 Å². The minimum Gasteiger partial charge on any atom is -0.484 e. The van der Waals surface area contributed by atoms with Crippen LogP contribution in [0.25, 0.3) is 5.69 Å². The minimum atomic E-state index is -0.231. The molecular formula is C25H28N4O3. The maximum Gasteiger partial charge on any atom is 0.260 e. The number of amides is 2. The van der Waals surface area contributed by atoms with Gasteiger partial charge < -0.3 is 15.0 Å². The van der Waals surface area contributed by atoms with E-state index in [0.29, 0.717) is 23.4 Å². The van der Waals surface area contributed by atoms with Crippen LogP contribution in [0.4, 0.5) is 5.69 Å². The van der Waals surface area contributed by atoms with Crippen molar-refractivity contribution in [3.8, 4) is 11.4 Å². The molecule has 0 saturated carbocycles. The monoisotopic (exact) mass is 432 g/mol. The highest BCUT2D eigenvalue weighted by Gasteiger charge is 2.19. The summed E-state index contributed by atoms with van der Waals surface area (Å²) in [6, 6.07) is 15.1. The molecule has 1 aliphatic rings. The van der Waals surface area contributed by atoms with Crippen LogP contribution in [0.5, 0.6) is 5.75 Å². The summed E-state index contributed by atoms with van der Waals surface area (Å²) in [4.78, 5) is 27.0. The lowest BCUT2D eigenvalue weighted by molar-refractivity contribution is -0.132. The summed E-state index contributed by atoms with van der Waals surface area (Å²) >= 11 is 0. The van der Waals surface area contributed by atoms with Gasteiger partial charge >= 0.3 is 0 Å². The van der Waals surface area contributed by atoms with E-state index in [1.807, 2.05) is 43.0 Å². The third-order valence-corrected chi connectivity index (χ3v) is 5.64. The van der Waals surface area contributed by atoms with Crippen molar-refractivity contribution in [3.63, 3.8) is 0 Å². The van der Waals surface area contributed by atoms with E-state index in [9.17, 15) is 9.59 Å². The summed E-state index contributed by atoms with van der Waals surface area (Å²) in [5.41, 5.74) is 4.07. The second kappa shape index (κ2) is 9.68. The molecule has 2 heterocycles. The minimum absolute atomic E-state index is 0.000698. The molecular weight excluding hydrogens is 404 g/mol. The van der Waals surface area contributed by atoms with Crippen molar-refractivity contribution in [1.29, 1.82) is 0 Å². The fourth-order valence-electron chi connectivity index (χ4n) is 3.88. The molecule has 7 nitrogen and oxygen atoms in total. The summed E-state index contributed by atoms with van der Waals surface area (Å²) in [6.07, 6.45) is 4.36. The molecule has 0 spiro atoms. The van der Waals surface area contributed by atoms with Crippen molar-refractivity contribution in [2.24, 2.45) is 0 Å². The van der Waals surface area contributed by atoms with E-state index in [0.717, 1.165) is 37.3 Å². The number of carbonyl (C=O) groups excluding carboxylic acids is 2. The first-order valence-electron chi connectivity index (χ1n) is 11.0. The molecule has 0 bridgehead atoms. The van der Waals surface area contributed by atoms with Gasteiger partial charge in [0.25, 0.3) is 11.8 Å². The highest BCUT2D eigenvalue weighted by Crippen LogP contribution is 2.21. The highest BCUT2D eigenvalue weighted by molar-refractivity contribution is 6.05. The van der Waals surface area contributed by atoms with Crippen LogP contribution < -0.4 is 10.1 Å². The molecule has 1 aromatic heterocycles. The van der Waals surface area contributed by atoms with E-state index in [4.69, 9.17) is 4.74 Å². The summed E-state index contributed by atoms with van der Waals surface area (Å²) < 4.78 is 7.47. The number of rotatable bonds is 7. The molecule has 1 aliphatic heterocycles. The Bertz CT molecular complexity index is 1100. The van der Waals surface area contributed by atoms with Crippen molar-refractivity contribution >= 4 is 17.5 Å². The van der Waals surface area contributed by atoms with Gasteiger partial charge in [-0.15, -0.1) is 0 Å². The quantitative estimate of drug-likeness (QED) is 0.612. The molecule has 0 unspecified atom stereocenters. The molecule has 32 heavy (non-hydrogen) atoms. The van der Waals surface area contributed by atoms with Crippen molar-refractivity contribution in [2.75, 3.05) is 25.0 Å². The van der Waals surface area contributed by atoms with Crippen LogP contribution in [0.3, 0.4) is 0 Å². The van der Waals surface area contributed by atoms with Gasteiger partial charge in [0.1, 0.15) is 5.75 Å². The molecule has 3 aromatic rings. The summed E-state index contributed by atoms with van der Waals surface area (Å²) in [5, 5.41) is 7.37. The Balaban J connectivity index is 1.44. The number of aryl methyl sites for hydroxylation is 1. The molecule has 1 N–H and O–H groups in total. The van der Waals surface area contributed by atoms with Crippen molar-refractivity contribution in [2.45, 2.75) is 33.1 Å². The molecule has 2 amide bonds. The number of hydrogen-bond donors (Lipinski definition) is 1. The van der Waals surface area contributed by atoms with Gasteiger partial charge in [-0.2, -0.15) is 5.10 Å². The van der Waals surface area contributed by atoms with Crippen molar-refractivity contribution in [1.82, 2.24) is 14.7 Å². The molecule has 4 rings (SSSR count). The summed E-state index contributed by atoms with van der Waals surface area (Å²) in [5.74, 6) is 0.306. The van der Waals surface area contributed by atoms with E-state index in [1.54, 1.807) is 35.1 Å². The predicted octanol–water partition coefficient (Wildman–Crippen LogP) is 4.00. The van der Waals surface area contributed by atoms with Gasteiger partial charge in [-0.05, 0) is 50.5 Å². The Morgan fingerprint density at radius 1 is 1.09 bits per heavy atom. The Morgan fingerprint density at radius 2 is 1.84 bits per heavy atom. The Hall–Kier alpha value is -3.61. The lowest BCUT2D eigenvalue weighted by atomic mass is 10.1. The zero-order valence-electron chi connectivity index (χ0n) is 18.5. The van der Waals surface area contributed by atoms with Gasteiger partial charge in [0.2, 0.25) is 0 Å². The fraction of sp³-hybridized carbons (Fsp3) is 0.320. The lowest BCUT2D eigenvalue weighted by Gasteiger charge is -2.15. The average Bonchev–Trinajstić information content (AvgIpc) is 3.48. The van der Waals surface area contributed by atoms with Crippen LogP contribution in [0.2, 0.25) is 0 Å². The second-order valence-electron chi connectivity index (χ2n) is 7.96. The summed E-state index contributed by atoms with van der Waals surface area (Å²) in [6.45, 7) is 5.64. The first kappa shape index (κ1) is 21.6. The van der Waals surface area contributed by atoms with E-state index in [1.165, 1.54) is 5.56 Å². The molecule has 2 aromatic carbocycles. The van der Waals surface area contributed by atoms with Crippen LogP contribution in [0.15, 0.2) is 54.7 Å². The zero-order chi connectivity index (χ0) is 22.5. The number of likely N-dealkylation sites (tertiary alicyclic amines) is 1. The van der Waals surface area contributed by atoms with E-state index in [-0.39, 0.29) is 18.4 Å². The number of nitrogens with zero attached hydrogens (tertiary/aromatic N) is 3. The normalized spacial score (nSPS) is 13.2. The number of anilines is 1. The smallest absolute Gasteiger partial charge is 0.260 e. The third-order valence-electron chi connectivity index (χ3n) is 5.64. The van der Waals surface area contributed by atoms with Crippen LogP contribution in [0, 0.1) is 6.92 Å². The predicted molar refractivity (Wildman–Crippen MR) is 123 cm³/mol. The number of ether oxygens (including phenoxy) is 1. The van der Waals surface area contributed by atoms with E-state index >= 15 is 0 Å². The average molecular weight is 433 g/mol. The third kappa shape index (κ3) is 4.82. The Labute approximate surface area is 188 Å². The van der Waals surface area contributed by atoms with Crippen LogP contribution in [-0.4, -0.2) is 46.2 Å². The van der Waals surface area contributed by atoms with E-state index < -0.39 is 0 Å². The number of nitrogens with one attached hydrogen (secondary N) is 1. The first-order valence-corrected chi connectivity index (χ1v) is 11.0. The first-order chi connectivity index (χ1) is 15.5. The zero-order valence-corrected chi connectivity index (χ0v) is 18.5. The highest BCUT2D eigenvalue weighted by atomic mass is 16.5. The number of aromatic nitrogens is 2. The van der Waals surface area contributed by atoms with Gasteiger partial charge in [0.15, 0.2) is 6.61 Å². The second-order valence-corrected chi connectivity index (χ2v) is 7.96. The van der Waals surface area contributed by atoms with Gasteiger partial charge in [-0.25, -0.2) is 4.68 Å². The fourth-order valence-corrected chi connectivity index (χ4v) is 3.88. The number of carbonyl (C=O) groups is 2. The van der Waals surface area contributed by atoms with Crippen molar-refractivity contribution < 1.29 is 14.3 Å². The lowest BCUT2D eigenvalue weighted by Crippen LogP contribution is -2.32. The largest absolute Gasteiger partial charge is 0.484 e. The molecule has 0 aliphatic carbocycles. The molecule has 1 saturated heterocycles. The standard InChI is InChI=1S/C25H28N4O3/c1-3-23-22(16-26-29(23)20-11-9-18(2)10-12-20)25(31)27-19-7-6-8-21(15-19)32-17-24(30)28-13-4-5-14-28/h6-12,15-16H,3-5,13-14,17H2,1-2H3,(H,27,31). The van der Waals surface area contributed by atoms with Gasteiger partial charge in [0, 0.05) is 24.8 Å². The van der Waals surface area contributed by atoms with Crippen LogP contribution in [-0.2, 0) is 11.2 Å². The molecule has 7 heteroatoms. The van der Waals surface area contributed by atoms with Gasteiger partial charge in [-0.1, -0.05) is 30.7 Å². The molecule has 0 atom stereocenters. The van der Waals surface area contributed by atoms with Gasteiger partial charge in [-0.3, -0.25) is 9.59 Å². The number of benzene rings is 2. The van der Waals surface area contributed by atoms with Crippen molar-refractivity contribution in [3.05, 3.63) is 71.5 Å². The molecule has 0 radical (unpaired) electrons. The molecule has 1 fully saturated rings. The maximum atomic E-state index is 13.0. The Kier molecular flexibility index (Phi) is 6.54. The SMILES string of the molecule is CCc1c(C(=O)Nc2cccc(OCC(=O)N3CCCC3)c2)cnn1-c1ccc(C)cc1. The Morgan fingerprint density at radius 3 is 2.56 bits per heavy atom. The molecule has 166 valence electrons. The van der Waals surface area contributed by atoms with Crippen LogP contribution in [0.1, 0.15) is 41.4 Å². The van der Waals surface area contributed by atoms with Gasteiger partial charge in [0.05, 0.1) is 23.1 Å². The maximum absolute atomic E-state index is 13.0. The van der Waals surface area contributed by atoms with E-state index in [2.05, 4.69) is 10.4 Å². The topological polar surface area (TPSA) is 76.5 Å².